The Hall–Kier alpha value is -2.37. The Morgan fingerprint density at radius 1 is 1.48 bits per heavy atom. The van der Waals surface area contributed by atoms with Gasteiger partial charge in [-0.2, -0.15) is 0 Å². The molecule has 3 heterocycles. The molecule has 21 heavy (non-hydrogen) atoms. The Bertz CT molecular complexity index is 679. The van der Waals surface area contributed by atoms with Crippen LogP contribution in [0.15, 0.2) is 24.4 Å². The molecule has 1 saturated heterocycles. The number of hydrogen-bond acceptors (Lipinski definition) is 4. The van der Waals surface area contributed by atoms with Crippen LogP contribution in [0.1, 0.15) is 23.3 Å². The van der Waals surface area contributed by atoms with Crippen LogP contribution in [0.25, 0.3) is 5.65 Å². The van der Waals surface area contributed by atoms with Gasteiger partial charge in [-0.15, -0.1) is 0 Å². The van der Waals surface area contributed by atoms with E-state index in [-0.39, 0.29) is 11.8 Å². The van der Waals surface area contributed by atoms with Crippen molar-refractivity contribution in [2.45, 2.75) is 12.8 Å². The van der Waals surface area contributed by atoms with E-state index >= 15 is 0 Å². The van der Waals surface area contributed by atoms with Gasteiger partial charge in [0.25, 0.3) is 0 Å². The molecule has 3 rings (SSSR count). The first kappa shape index (κ1) is 13.6. The number of hydrogen-bond donors (Lipinski definition) is 1. The number of anilines is 1. The topological polar surface area (TPSA) is 66.7 Å². The summed E-state index contributed by atoms with van der Waals surface area (Å²) >= 11 is 0. The number of aromatic nitrogens is 2. The number of nitrogens with zero attached hydrogens (tertiary/aromatic N) is 3. The lowest BCUT2D eigenvalue weighted by Crippen LogP contribution is -2.42. The van der Waals surface area contributed by atoms with Crippen LogP contribution in [0.3, 0.4) is 0 Å². The highest BCUT2D eigenvalue weighted by Gasteiger charge is 2.28. The molecular weight excluding hydrogens is 268 g/mol. The molecule has 1 aliphatic rings. The number of fused-ring (bicyclic) bond motifs is 1. The summed E-state index contributed by atoms with van der Waals surface area (Å²) in [6.45, 7) is 1.42. The molecule has 1 aliphatic heterocycles. The quantitative estimate of drug-likeness (QED) is 0.858. The van der Waals surface area contributed by atoms with E-state index in [2.05, 4.69) is 10.3 Å². The molecule has 1 fully saturated rings. The number of nitrogens with one attached hydrogen (secondary N) is 1. The van der Waals surface area contributed by atoms with Crippen molar-refractivity contribution < 1.29 is 9.59 Å². The van der Waals surface area contributed by atoms with Gasteiger partial charge in [-0.05, 0) is 25.0 Å². The summed E-state index contributed by atoms with van der Waals surface area (Å²) < 4.78 is 1.78. The molecule has 6 heteroatoms. The van der Waals surface area contributed by atoms with Crippen molar-refractivity contribution in [2.75, 3.05) is 25.0 Å². The summed E-state index contributed by atoms with van der Waals surface area (Å²) in [5.74, 6) is 0.675. The van der Waals surface area contributed by atoms with Gasteiger partial charge in [0, 0.05) is 26.3 Å². The molecule has 6 nitrogen and oxygen atoms in total. The zero-order valence-corrected chi connectivity index (χ0v) is 12.0. The molecule has 1 unspecified atom stereocenters. The first-order valence-electron chi connectivity index (χ1n) is 7.13. The van der Waals surface area contributed by atoms with Crippen LogP contribution in [0.2, 0.25) is 0 Å². The normalized spacial score (nSPS) is 18.7. The second-order valence-corrected chi connectivity index (χ2v) is 5.27. The van der Waals surface area contributed by atoms with Crippen LogP contribution in [-0.2, 0) is 4.79 Å². The smallest absolute Gasteiger partial charge is 0.224 e. The van der Waals surface area contributed by atoms with Crippen molar-refractivity contribution in [1.29, 1.82) is 0 Å². The molecule has 0 spiro atoms. The first-order valence-corrected chi connectivity index (χ1v) is 7.13. The fourth-order valence-corrected chi connectivity index (χ4v) is 2.93. The van der Waals surface area contributed by atoms with Crippen molar-refractivity contribution in [3.8, 4) is 0 Å². The molecule has 110 valence electrons. The van der Waals surface area contributed by atoms with Gasteiger partial charge in [-0.25, -0.2) is 4.98 Å². The van der Waals surface area contributed by atoms with Gasteiger partial charge < -0.3 is 10.2 Å². The number of carbonyl (C=O) groups is 2. The molecule has 0 radical (unpaired) electrons. The van der Waals surface area contributed by atoms with Crippen molar-refractivity contribution in [3.05, 3.63) is 30.1 Å². The SMILES string of the molecule is CNC(=O)C1CCCN(c2nc3ccccn3c2C=O)C1. The van der Waals surface area contributed by atoms with Crippen molar-refractivity contribution in [1.82, 2.24) is 14.7 Å². The molecule has 0 saturated carbocycles. The van der Waals surface area contributed by atoms with Gasteiger partial charge in [-0.3, -0.25) is 14.0 Å². The van der Waals surface area contributed by atoms with Gasteiger partial charge in [-0.1, -0.05) is 6.07 Å². The first-order chi connectivity index (χ1) is 10.2. The number of pyridine rings is 1. The number of imidazole rings is 1. The summed E-state index contributed by atoms with van der Waals surface area (Å²) in [5.41, 5.74) is 1.29. The minimum atomic E-state index is -0.0481. The van der Waals surface area contributed by atoms with Crippen LogP contribution >= 0.6 is 0 Å². The Morgan fingerprint density at radius 3 is 3.10 bits per heavy atom. The number of rotatable bonds is 3. The van der Waals surface area contributed by atoms with E-state index in [1.54, 1.807) is 11.4 Å². The second kappa shape index (κ2) is 5.55. The highest BCUT2D eigenvalue weighted by atomic mass is 16.1. The lowest BCUT2D eigenvalue weighted by Gasteiger charge is -2.32. The zero-order chi connectivity index (χ0) is 14.8. The molecule has 2 aromatic rings. The molecule has 2 aromatic heterocycles. The van der Waals surface area contributed by atoms with E-state index in [0.717, 1.165) is 31.3 Å². The van der Waals surface area contributed by atoms with Gasteiger partial charge in [0.1, 0.15) is 11.3 Å². The van der Waals surface area contributed by atoms with E-state index in [1.165, 1.54) is 0 Å². The van der Waals surface area contributed by atoms with Crippen molar-refractivity contribution >= 4 is 23.7 Å². The van der Waals surface area contributed by atoms with Gasteiger partial charge >= 0.3 is 0 Å². The molecule has 0 bridgehead atoms. The Balaban J connectivity index is 1.96. The number of piperidine rings is 1. The summed E-state index contributed by atoms with van der Waals surface area (Å²) in [6.07, 6.45) is 4.46. The zero-order valence-electron chi connectivity index (χ0n) is 12.0. The van der Waals surface area contributed by atoms with E-state index in [0.29, 0.717) is 18.1 Å². The van der Waals surface area contributed by atoms with Crippen molar-refractivity contribution in [3.63, 3.8) is 0 Å². The fraction of sp³-hybridized carbons (Fsp3) is 0.400. The number of carbonyl (C=O) groups excluding carboxylic acids is 2. The summed E-state index contributed by atoms with van der Waals surface area (Å²) in [6, 6.07) is 5.63. The van der Waals surface area contributed by atoms with Crippen LogP contribution in [0.4, 0.5) is 5.82 Å². The molecule has 1 N–H and O–H groups in total. The van der Waals surface area contributed by atoms with Crippen LogP contribution in [-0.4, -0.2) is 41.7 Å². The predicted octanol–water partition coefficient (Wildman–Crippen LogP) is 1.11. The number of aldehydes is 1. The van der Waals surface area contributed by atoms with E-state index in [1.807, 2.05) is 29.3 Å². The summed E-state index contributed by atoms with van der Waals surface area (Å²) in [5, 5.41) is 2.70. The Labute approximate surface area is 122 Å². The standard InChI is InChI=1S/C15H18N4O2/c1-16-15(21)11-5-4-7-18(9-11)14-12(10-20)19-8-3-2-6-13(19)17-14/h2-3,6,8,10-11H,4-5,7,9H2,1H3,(H,16,21). The largest absolute Gasteiger partial charge is 0.359 e. The summed E-state index contributed by atoms with van der Waals surface area (Å²) in [4.78, 5) is 29.9. The van der Waals surface area contributed by atoms with E-state index in [9.17, 15) is 9.59 Å². The minimum absolute atomic E-state index is 0.0481. The van der Waals surface area contributed by atoms with Crippen LogP contribution < -0.4 is 10.2 Å². The average molecular weight is 286 g/mol. The maximum absolute atomic E-state index is 11.8. The van der Waals surface area contributed by atoms with Gasteiger partial charge in [0.15, 0.2) is 12.1 Å². The highest BCUT2D eigenvalue weighted by Crippen LogP contribution is 2.26. The molecule has 1 amide bonds. The molecular formula is C15H18N4O2. The Kier molecular flexibility index (Phi) is 3.60. The molecule has 0 aliphatic carbocycles. The predicted molar refractivity (Wildman–Crippen MR) is 79.6 cm³/mol. The van der Waals surface area contributed by atoms with Crippen molar-refractivity contribution in [2.24, 2.45) is 5.92 Å². The van der Waals surface area contributed by atoms with Crippen LogP contribution in [0, 0.1) is 5.92 Å². The third kappa shape index (κ3) is 2.37. The maximum atomic E-state index is 11.8. The number of amides is 1. The lowest BCUT2D eigenvalue weighted by molar-refractivity contribution is -0.124. The van der Waals surface area contributed by atoms with E-state index < -0.39 is 0 Å². The van der Waals surface area contributed by atoms with E-state index in [4.69, 9.17) is 0 Å². The fourth-order valence-electron chi connectivity index (χ4n) is 2.93. The van der Waals surface area contributed by atoms with Crippen LogP contribution in [0.5, 0.6) is 0 Å². The molecule has 0 aromatic carbocycles. The minimum Gasteiger partial charge on any atom is -0.359 e. The average Bonchev–Trinajstić information content (AvgIpc) is 2.92. The summed E-state index contributed by atoms with van der Waals surface area (Å²) in [7, 11) is 1.66. The maximum Gasteiger partial charge on any atom is 0.224 e. The van der Waals surface area contributed by atoms with Gasteiger partial charge in [0.05, 0.1) is 5.92 Å². The Morgan fingerprint density at radius 2 is 2.33 bits per heavy atom. The highest BCUT2D eigenvalue weighted by molar-refractivity contribution is 5.84. The van der Waals surface area contributed by atoms with Gasteiger partial charge in [0.2, 0.25) is 5.91 Å². The third-order valence-electron chi connectivity index (χ3n) is 4.00. The molecule has 1 atom stereocenters. The third-order valence-corrected chi connectivity index (χ3v) is 4.00. The monoisotopic (exact) mass is 286 g/mol. The second-order valence-electron chi connectivity index (χ2n) is 5.27. The lowest BCUT2D eigenvalue weighted by atomic mass is 9.97.